The van der Waals surface area contributed by atoms with Crippen LogP contribution in [0.15, 0.2) is 29.4 Å². The zero-order chi connectivity index (χ0) is 20.1. The van der Waals surface area contributed by atoms with Crippen molar-refractivity contribution in [3.8, 4) is 17.1 Å². The predicted molar refractivity (Wildman–Crippen MR) is 113 cm³/mol. The van der Waals surface area contributed by atoms with Crippen LogP contribution in [-0.2, 0) is 11.3 Å². The van der Waals surface area contributed by atoms with Crippen LogP contribution in [0.3, 0.4) is 0 Å². The number of benzene rings is 1. The van der Waals surface area contributed by atoms with Crippen LogP contribution < -0.4 is 4.74 Å². The molecular formula is C21H30N4O2S. The lowest BCUT2D eigenvalue weighted by Crippen LogP contribution is -2.40. The molecule has 0 bridgehead atoms. The van der Waals surface area contributed by atoms with Gasteiger partial charge < -0.3 is 14.2 Å². The zero-order valence-electron chi connectivity index (χ0n) is 17.2. The Morgan fingerprint density at radius 2 is 1.79 bits per heavy atom. The minimum atomic E-state index is -0.170. The van der Waals surface area contributed by atoms with Crippen molar-refractivity contribution < 1.29 is 9.53 Å². The van der Waals surface area contributed by atoms with Crippen LogP contribution in [0.2, 0.25) is 0 Å². The van der Waals surface area contributed by atoms with Gasteiger partial charge in [-0.1, -0.05) is 25.6 Å². The van der Waals surface area contributed by atoms with Crippen LogP contribution in [0.4, 0.5) is 0 Å². The van der Waals surface area contributed by atoms with Gasteiger partial charge in [0.25, 0.3) is 0 Å². The van der Waals surface area contributed by atoms with Gasteiger partial charge in [0.15, 0.2) is 11.0 Å². The Bertz CT molecular complexity index is 782. The van der Waals surface area contributed by atoms with Crippen LogP contribution in [-0.4, -0.2) is 51.0 Å². The van der Waals surface area contributed by atoms with Crippen molar-refractivity contribution in [1.82, 2.24) is 19.7 Å². The topological polar surface area (TPSA) is 60.3 Å². The Morgan fingerprint density at radius 1 is 1.11 bits per heavy atom. The van der Waals surface area contributed by atoms with E-state index in [2.05, 4.69) is 28.6 Å². The van der Waals surface area contributed by atoms with Crippen molar-refractivity contribution in [2.75, 3.05) is 20.2 Å². The van der Waals surface area contributed by atoms with Gasteiger partial charge in [0.1, 0.15) is 5.75 Å². The number of ether oxygens (including phenoxy) is 1. The number of likely N-dealkylation sites (tertiary alicyclic amines) is 1. The molecule has 1 fully saturated rings. The Balaban J connectivity index is 1.81. The number of amides is 1. The van der Waals surface area contributed by atoms with Gasteiger partial charge in [-0.2, -0.15) is 0 Å². The van der Waals surface area contributed by atoms with Crippen molar-refractivity contribution >= 4 is 17.7 Å². The highest BCUT2D eigenvalue weighted by molar-refractivity contribution is 8.00. The molecule has 7 heteroatoms. The molecule has 1 aliphatic rings. The summed E-state index contributed by atoms with van der Waals surface area (Å²) in [6.07, 6.45) is 3.43. The second kappa shape index (κ2) is 9.45. The summed E-state index contributed by atoms with van der Waals surface area (Å²) in [5, 5.41) is 9.51. The predicted octanol–water partition coefficient (Wildman–Crippen LogP) is 4.10. The number of piperidine rings is 1. The first-order valence-corrected chi connectivity index (χ1v) is 10.9. The van der Waals surface area contributed by atoms with Crippen molar-refractivity contribution in [1.29, 1.82) is 0 Å². The van der Waals surface area contributed by atoms with Crippen LogP contribution in [0.25, 0.3) is 11.4 Å². The number of carbonyl (C=O) groups is 1. The summed E-state index contributed by atoms with van der Waals surface area (Å²) in [5.41, 5.74) is 0.996. The van der Waals surface area contributed by atoms with Crippen molar-refractivity contribution in [2.45, 2.75) is 57.0 Å². The maximum Gasteiger partial charge on any atom is 0.235 e. The minimum absolute atomic E-state index is 0.170. The molecule has 2 heterocycles. The summed E-state index contributed by atoms with van der Waals surface area (Å²) < 4.78 is 7.39. The fourth-order valence-electron chi connectivity index (χ4n) is 3.44. The van der Waals surface area contributed by atoms with Gasteiger partial charge in [0.05, 0.1) is 12.4 Å². The van der Waals surface area contributed by atoms with Gasteiger partial charge in [-0.05, 0) is 56.4 Å². The molecule has 0 aliphatic carbocycles. The molecule has 1 amide bonds. The van der Waals surface area contributed by atoms with Crippen molar-refractivity contribution in [3.05, 3.63) is 24.3 Å². The third kappa shape index (κ3) is 4.87. The van der Waals surface area contributed by atoms with E-state index in [1.54, 1.807) is 7.11 Å². The van der Waals surface area contributed by atoms with Gasteiger partial charge in [-0.3, -0.25) is 4.79 Å². The molecule has 1 saturated heterocycles. The molecule has 0 spiro atoms. The van der Waals surface area contributed by atoms with Gasteiger partial charge in [-0.15, -0.1) is 10.2 Å². The molecule has 0 N–H and O–H groups in total. The van der Waals surface area contributed by atoms with Gasteiger partial charge in [0, 0.05) is 25.2 Å². The highest BCUT2D eigenvalue weighted by Gasteiger charge is 2.26. The average Bonchev–Trinajstić information content (AvgIpc) is 3.09. The maximum atomic E-state index is 12.8. The molecule has 3 rings (SSSR count). The molecule has 0 saturated carbocycles. The molecule has 1 atom stereocenters. The fourth-order valence-corrected chi connectivity index (χ4v) is 4.38. The number of hydrogen-bond acceptors (Lipinski definition) is 5. The first kappa shape index (κ1) is 20.7. The number of methoxy groups -OCH3 is 1. The summed E-state index contributed by atoms with van der Waals surface area (Å²) >= 11 is 1.51. The molecular weight excluding hydrogens is 372 g/mol. The number of thioether (sulfide) groups is 1. The van der Waals surface area contributed by atoms with E-state index in [-0.39, 0.29) is 11.2 Å². The highest BCUT2D eigenvalue weighted by Crippen LogP contribution is 2.29. The smallest absolute Gasteiger partial charge is 0.235 e. The largest absolute Gasteiger partial charge is 0.497 e. The normalized spacial score (nSPS) is 15.7. The summed E-state index contributed by atoms with van der Waals surface area (Å²) in [7, 11) is 1.66. The quantitative estimate of drug-likeness (QED) is 0.653. The SMILES string of the molecule is COc1ccc(-c2nnc(S[C@@H](C)C(=O)N3CCCCC3)n2CC(C)C)cc1. The highest BCUT2D eigenvalue weighted by atomic mass is 32.2. The van der Waals surface area contributed by atoms with Gasteiger partial charge in [-0.25, -0.2) is 0 Å². The van der Waals surface area contributed by atoms with E-state index >= 15 is 0 Å². The molecule has 6 nitrogen and oxygen atoms in total. The minimum Gasteiger partial charge on any atom is -0.497 e. The molecule has 0 radical (unpaired) electrons. The Labute approximate surface area is 171 Å². The third-order valence-electron chi connectivity index (χ3n) is 4.91. The van der Waals surface area contributed by atoms with E-state index in [1.807, 2.05) is 36.1 Å². The molecule has 152 valence electrons. The molecule has 2 aromatic rings. The van der Waals surface area contributed by atoms with Crippen LogP contribution in [0, 0.1) is 5.92 Å². The number of aromatic nitrogens is 3. The second-order valence-electron chi connectivity index (χ2n) is 7.69. The Kier molecular flexibility index (Phi) is 6.99. The van der Waals surface area contributed by atoms with E-state index in [0.29, 0.717) is 5.92 Å². The van der Waals surface area contributed by atoms with E-state index < -0.39 is 0 Å². The monoisotopic (exact) mass is 402 g/mol. The second-order valence-corrected chi connectivity index (χ2v) is 8.99. The standard InChI is InChI=1S/C21H30N4O2S/c1-15(2)14-25-19(17-8-10-18(27-4)11-9-17)22-23-21(25)28-16(3)20(26)24-12-6-5-7-13-24/h8-11,15-16H,5-7,12-14H2,1-4H3/t16-/m0/s1. The van der Waals surface area contributed by atoms with Crippen LogP contribution in [0.5, 0.6) is 5.75 Å². The molecule has 0 unspecified atom stereocenters. The summed E-state index contributed by atoms with van der Waals surface area (Å²) in [6.45, 7) is 8.88. The number of carbonyl (C=O) groups excluding carboxylic acids is 1. The maximum absolute atomic E-state index is 12.8. The summed E-state index contributed by atoms with van der Waals surface area (Å²) in [5.74, 6) is 2.29. The summed E-state index contributed by atoms with van der Waals surface area (Å²) in [4.78, 5) is 14.8. The Hall–Kier alpha value is -2.02. The Morgan fingerprint density at radius 3 is 2.39 bits per heavy atom. The third-order valence-corrected chi connectivity index (χ3v) is 5.98. The van der Waals surface area contributed by atoms with Crippen molar-refractivity contribution in [3.63, 3.8) is 0 Å². The van der Waals surface area contributed by atoms with E-state index in [9.17, 15) is 4.79 Å². The lowest BCUT2D eigenvalue weighted by molar-refractivity contribution is -0.131. The molecule has 1 aliphatic heterocycles. The van der Waals surface area contributed by atoms with Gasteiger partial charge in [0.2, 0.25) is 5.91 Å². The average molecular weight is 403 g/mol. The zero-order valence-corrected chi connectivity index (χ0v) is 18.0. The van der Waals surface area contributed by atoms with Crippen LogP contribution in [0.1, 0.15) is 40.0 Å². The molecule has 1 aromatic carbocycles. The van der Waals surface area contributed by atoms with E-state index in [0.717, 1.165) is 54.8 Å². The fraction of sp³-hybridized carbons (Fsp3) is 0.571. The van der Waals surface area contributed by atoms with E-state index in [4.69, 9.17) is 4.74 Å². The lowest BCUT2D eigenvalue weighted by Gasteiger charge is -2.28. The summed E-state index contributed by atoms with van der Waals surface area (Å²) in [6, 6.07) is 7.85. The molecule has 28 heavy (non-hydrogen) atoms. The molecule has 1 aromatic heterocycles. The van der Waals surface area contributed by atoms with Gasteiger partial charge >= 0.3 is 0 Å². The first-order valence-electron chi connectivity index (χ1n) is 10.0. The van der Waals surface area contributed by atoms with Crippen molar-refractivity contribution in [2.24, 2.45) is 5.92 Å². The number of hydrogen-bond donors (Lipinski definition) is 0. The van der Waals surface area contributed by atoms with Crippen LogP contribution >= 0.6 is 11.8 Å². The van der Waals surface area contributed by atoms with E-state index in [1.165, 1.54) is 18.2 Å². The lowest BCUT2D eigenvalue weighted by atomic mass is 10.1. The first-order chi connectivity index (χ1) is 13.5. The number of nitrogens with zero attached hydrogens (tertiary/aromatic N) is 4. The number of rotatable bonds is 7.